The van der Waals surface area contributed by atoms with Crippen LogP contribution in [0.4, 0.5) is 0 Å². The molecule has 3 unspecified atom stereocenters. The van der Waals surface area contributed by atoms with Gasteiger partial charge in [-0.1, -0.05) is 0 Å². The summed E-state index contributed by atoms with van der Waals surface area (Å²) in [5, 5.41) is 0. The van der Waals surface area contributed by atoms with Gasteiger partial charge in [0.05, 0.1) is 11.2 Å². The zero-order chi connectivity index (χ0) is 15.3. The second kappa shape index (κ2) is 5.48. The fourth-order valence-electron chi connectivity index (χ4n) is 4.80. The molecule has 0 saturated carbocycles. The Morgan fingerprint density at radius 3 is 2.43 bits per heavy atom. The summed E-state index contributed by atoms with van der Waals surface area (Å²) in [6, 6.07) is 0.901. The Balaban J connectivity index is 1.68. The van der Waals surface area contributed by atoms with Crippen molar-refractivity contribution in [2.75, 3.05) is 32.7 Å². The van der Waals surface area contributed by atoms with Crippen LogP contribution in [0.1, 0.15) is 47.0 Å². The van der Waals surface area contributed by atoms with E-state index < -0.39 is 0 Å². The maximum Gasteiger partial charge on any atom is 0.0788 e. The van der Waals surface area contributed by atoms with Gasteiger partial charge in [0.1, 0.15) is 0 Å². The third kappa shape index (κ3) is 3.00. The molecule has 0 radical (unpaired) electrons. The van der Waals surface area contributed by atoms with Crippen molar-refractivity contribution in [2.24, 2.45) is 11.7 Å². The van der Waals surface area contributed by atoms with Gasteiger partial charge in [-0.05, 0) is 66.6 Å². The highest BCUT2D eigenvalue weighted by atomic mass is 16.5. The minimum atomic E-state index is -0.209. The highest BCUT2D eigenvalue weighted by Gasteiger charge is 2.52. The molecule has 3 saturated heterocycles. The quantitative estimate of drug-likeness (QED) is 0.842. The monoisotopic (exact) mass is 295 g/mol. The predicted octanol–water partition coefficient (Wildman–Crippen LogP) is 1.69. The minimum absolute atomic E-state index is 0.120. The topological polar surface area (TPSA) is 41.7 Å². The second-order valence-electron chi connectivity index (χ2n) is 8.39. The van der Waals surface area contributed by atoms with Crippen molar-refractivity contribution in [1.82, 2.24) is 9.80 Å². The molecule has 4 heteroatoms. The van der Waals surface area contributed by atoms with Crippen molar-refractivity contribution in [1.29, 1.82) is 0 Å². The van der Waals surface area contributed by atoms with Crippen molar-refractivity contribution in [3.8, 4) is 0 Å². The molecule has 3 fully saturated rings. The molecule has 3 heterocycles. The van der Waals surface area contributed by atoms with E-state index in [-0.39, 0.29) is 17.2 Å². The lowest BCUT2D eigenvalue weighted by Gasteiger charge is -2.33. The number of hydrogen-bond acceptors (Lipinski definition) is 4. The van der Waals surface area contributed by atoms with E-state index >= 15 is 0 Å². The third-order valence-electron chi connectivity index (χ3n) is 6.00. The summed E-state index contributed by atoms with van der Waals surface area (Å²) in [6.45, 7) is 14.8. The van der Waals surface area contributed by atoms with Gasteiger partial charge in [-0.25, -0.2) is 0 Å². The van der Waals surface area contributed by atoms with E-state index in [1.807, 2.05) is 0 Å². The first kappa shape index (κ1) is 15.7. The summed E-state index contributed by atoms with van der Waals surface area (Å²) >= 11 is 0. The number of nitrogens with zero attached hydrogens (tertiary/aromatic N) is 2. The molecule has 3 rings (SSSR count). The van der Waals surface area contributed by atoms with Gasteiger partial charge in [0, 0.05) is 31.1 Å². The first-order chi connectivity index (χ1) is 9.79. The van der Waals surface area contributed by atoms with E-state index in [1.165, 1.54) is 45.4 Å². The standard InChI is InChI=1S/C17H33N3O/c1-16(2)14(15(18)17(3,4)21-16)12-19-8-6-10-20-9-5-7-13(20)11-19/h13-15H,5-12,18H2,1-4H3. The predicted molar refractivity (Wildman–Crippen MR) is 86.4 cm³/mol. The average molecular weight is 295 g/mol. The van der Waals surface area contributed by atoms with Gasteiger partial charge in [0.25, 0.3) is 0 Å². The van der Waals surface area contributed by atoms with E-state index in [0.29, 0.717) is 5.92 Å². The fourth-order valence-corrected chi connectivity index (χ4v) is 4.80. The summed E-state index contributed by atoms with van der Waals surface area (Å²) in [5.74, 6) is 0.417. The van der Waals surface area contributed by atoms with Gasteiger partial charge >= 0.3 is 0 Å². The Kier molecular flexibility index (Phi) is 4.11. The Morgan fingerprint density at radius 2 is 1.76 bits per heavy atom. The van der Waals surface area contributed by atoms with Crippen LogP contribution in [0, 0.1) is 5.92 Å². The van der Waals surface area contributed by atoms with Crippen LogP contribution in [-0.4, -0.2) is 65.8 Å². The largest absolute Gasteiger partial charge is 0.368 e. The van der Waals surface area contributed by atoms with Gasteiger partial charge < -0.3 is 15.4 Å². The second-order valence-corrected chi connectivity index (χ2v) is 8.39. The molecule has 0 bridgehead atoms. The highest BCUT2D eigenvalue weighted by Crippen LogP contribution is 2.41. The number of rotatable bonds is 2. The number of fused-ring (bicyclic) bond motifs is 1. The maximum atomic E-state index is 6.53. The Morgan fingerprint density at radius 1 is 1.05 bits per heavy atom. The van der Waals surface area contributed by atoms with Crippen molar-refractivity contribution in [3.63, 3.8) is 0 Å². The fraction of sp³-hybridized carbons (Fsp3) is 1.00. The molecule has 3 aliphatic heterocycles. The SMILES string of the molecule is CC1(C)OC(C)(C)C(CN2CCCN3CCCC3C2)C1N. The molecule has 0 aliphatic carbocycles. The van der Waals surface area contributed by atoms with Crippen LogP contribution >= 0.6 is 0 Å². The molecule has 2 N–H and O–H groups in total. The Bertz CT molecular complexity index is 382. The lowest BCUT2D eigenvalue weighted by Crippen LogP contribution is -2.49. The van der Waals surface area contributed by atoms with Gasteiger partial charge in [-0.3, -0.25) is 4.90 Å². The van der Waals surface area contributed by atoms with E-state index in [1.54, 1.807) is 0 Å². The van der Waals surface area contributed by atoms with Crippen LogP contribution in [0.25, 0.3) is 0 Å². The van der Waals surface area contributed by atoms with Crippen molar-refractivity contribution < 1.29 is 4.74 Å². The van der Waals surface area contributed by atoms with Gasteiger partial charge in [0.15, 0.2) is 0 Å². The minimum Gasteiger partial charge on any atom is -0.368 e. The number of nitrogens with two attached hydrogens (primary N) is 1. The Labute approximate surface area is 130 Å². The van der Waals surface area contributed by atoms with E-state index in [2.05, 4.69) is 37.5 Å². The third-order valence-corrected chi connectivity index (χ3v) is 6.00. The van der Waals surface area contributed by atoms with Crippen LogP contribution < -0.4 is 5.73 Å². The van der Waals surface area contributed by atoms with Crippen molar-refractivity contribution in [2.45, 2.75) is 70.2 Å². The molecule has 0 aromatic rings. The van der Waals surface area contributed by atoms with E-state index in [9.17, 15) is 0 Å². The molecule has 0 aromatic heterocycles. The Hall–Kier alpha value is -0.160. The number of hydrogen-bond donors (Lipinski definition) is 1. The van der Waals surface area contributed by atoms with E-state index in [0.717, 1.165) is 12.6 Å². The molecule has 3 atom stereocenters. The molecular formula is C17H33N3O. The lowest BCUT2D eigenvalue weighted by atomic mass is 9.82. The normalized spacial score (nSPS) is 40.1. The van der Waals surface area contributed by atoms with Crippen LogP contribution in [0.3, 0.4) is 0 Å². The molecule has 0 spiro atoms. The molecule has 21 heavy (non-hydrogen) atoms. The van der Waals surface area contributed by atoms with Gasteiger partial charge in [0.2, 0.25) is 0 Å². The van der Waals surface area contributed by atoms with Crippen molar-refractivity contribution in [3.05, 3.63) is 0 Å². The maximum absolute atomic E-state index is 6.53. The summed E-state index contributed by atoms with van der Waals surface area (Å²) in [6.07, 6.45) is 4.05. The highest BCUT2D eigenvalue weighted by molar-refractivity contribution is 5.05. The van der Waals surface area contributed by atoms with Gasteiger partial charge in [-0.15, -0.1) is 0 Å². The summed E-state index contributed by atoms with van der Waals surface area (Å²) in [4.78, 5) is 5.35. The molecule has 122 valence electrons. The van der Waals surface area contributed by atoms with Crippen LogP contribution in [0.2, 0.25) is 0 Å². The average Bonchev–Trinajstić information content (AvgIpc) is 2.78. The lowest BCUT2D eigenvalue weighted by molar-refractivity contribution is -0.0785. The first-order valence-electron chi connectivity index (χ1n) is 8.72. The van der Waals surface area contributed by atoms with Crippen LogP contribution in [0.15, 0.2) is 0 Å². The number of ether oxygens (including phenoxy) is 1. The van der Waals surface area contributed by atoms with Crippen LogP contribution in [0.5, 0.6) is 0 Å². The summed E-state index contributed by atoms with van der Waals surface area (Å²) < 4.78 is 6.26. The van der Waals surface area contributed by atoms with Crippen molar-refractivity contribution >= 4 is 0 Å². The zero-order valence-electron chi connectivity index (χ0n) is 14.3. The van der Waals surface area contributed by atoms with E-state index in [4.69, 9.17) is 10.5 Å². The summed E-state index contributed by atoms with van der Waals surface area (Å²) in [7, 11) is 0. The summed E-state index contributed by atoms with van der Waals surface area (Å²) in [5.41, 5.74) is 6.20. The first-order valence-corrected chi connectivity index (χ1v) is 8.72. The molecule has 0 aromatic carbocycles. The zero-order valence-corrected chi connectivity index (χ0v) is 14.3. The van der Waals surface area contributed by atoms with Gasteiger partial charge in [-0.2, -0.15) is 0 Å². The molecule has 0 amide bonds. The smallest absolute Gasteiger partial charge is 0.0788 e. The molecule has 4 nitrogen and oxygen atoms in total. The molecule has 3 aliphatic rings. The van der Waals surface area contributed by atoms with Crippen LogP contribution in [-0.2, 0) is 4.74 Å². The molecular weight excluding hydrogens is 262 g/mol.